The number of halogens is 3. The van der Waals surface area contributed by atoms with E-state index >= 15 is 0 Å². The Morgan fingerprint density at radius 2 is 1.82 bits per heavy atom. The lowest BCUT2D eigenvalue weighted by Crippen LogP contribution is -2.43. The quantitative estimate of drug-likeness (QED) is 0.730. The monoisotopic (exact) mass is 242 g/mol. The molecule has 0 spiro atoms. The Hall–Kier alpha value is -1.46. The maximum absolute atomic E-state index is 12.5. The Kier molecular flexibility index (Phi) is 2.49. The van der Waals surface area contributed by atoms with E-state index in [2.05, 4.69) is 0 Å². The number of carbonyl (C=O) groups excluding carboxylic acids is 1. The van der Waals surface area contributed by atoms with Gasteiger partial charge in [0, 0.05) is 5.69 Å². The first kappa shape index (κ1) is 12.0. The highest BCUT2D eigenvalue weighted by atomic mass is 19.4. The van der Waals surface area contributed by atoms with E-state index in [0.29, 0.717) is 11.3 Å². The van der Waals surface area contributed by atoms with Crippen LogP contribution in [0.2, 0.25) is 0 Å². The molecular weight excluding hydrogens is 230 g/mol. The maximum atomic E-state index is 12.5. The zero-order valence-corrected chi connectivity index (χ0v) is 9.58. The number of rotatable bonds is 2. The molecule has 0 aliphatic carbocycles. The minimum Gasteiger partial charge on any atom is -0.448 e. The lowest BCUT2D eigenvalue weighted by molar-refractivity contribution is -0.122. The fourth-order valence-corrected chi connectivity index (χ4v) is 2.19. The van der Waals surface area contributed by atoms with Crippen molar-refractivity contribution in [3.63, 3.8) is 0 Å². The summed E-state index contributed by atoms with van der Waals surface area (Å²) in [6.07, 6.45) is -1.17. The van der Waals surface area contributed by atoms with E-state index in [9.17, 15) is 17.7 Å². The van der Waals surface area contributed by atoms with Crippen molar-refractivity contribution in [2.24, 2.45) is 0 Å². The van der Waals surface area contributed by atoms with Gasteiger partial charge in [-0.05, 0) is 31.9 Å². The molecule has 0 N–H and O–H groups in total. The summed E-state index contributed by atoms with van der Waals surface area (Å²) in [6, 6.07) is 6.64. The van der Waals surface area contributed by atoms with Gasteiger partial charge in [-0.15, -0.1) is 0 Å². The number of anilines is 1. The van der Waals surface area contributed by atoms with Crippen LogP contribution in [0.4, 0.5) is 18.6 Å². The average molecular weight is 242 g/mol. The van der Waals surface area contributed by atoms with E-state index in [0.717, 1.165) is 4.90 Å². The molecule has 1 amide bonds. The second-order valence-electron chi connectivity index (χ2n) is 4.77. The van der Waals surface area contributed by atoms with E-state index in [1.807, 2.05) is 0 Å². The van der Waals surface area contributed by atoms with Gasteiger partial charge in [-0.2, -0.15) is 0 Å². The highest BCUT2D eigenvalue weighted by Gasteiger charge is 2.45. The molecule has 0 saturated heterocycles. The summed E-state index contributed by atoms with van der Waals surface area (Å²) >= 11 is 0. The summed E-state index contributed by atoms with van der Waals surface area (Å²) in [7, 11) is 0. The molecule has 0 bridgehead atoms. The lowest BCUT2D eigenvalue weighted by Gasteiger charge is -2.25. The van der Waals surface area contributed by atoms with Crippen LogP contribution in [0.3, 0.4) is 0 Å². The lowest BCUT2D eigenvalue weighted by atomic mass is 9.86. The zero-order valence-electron chi connectivity index (χ0n) is 9.58. The molecule has 1 aliphatic rings. The van der Waals surface area contributed by atoms with Gasteiger partial charge in [0.05, 0.1) is 5.41 Å². The number of nitrogens with zero attached hydrogens (tertiary/aromatic N) is 1. The molecule has 2 rings (SSSR count). The molecule has 1 aromatic rings. The van der Waals surface area contributed by atoms with E-state index in [-0.39, 0.29) is 0 Å². The molecule has 1 heterocycles. The first-order chi connectivity index (χ1) is 7.73. The predicted octanol–water partition coefficient (Wildman–Crippen LogP) is 2.70. The van der Waals surface area contributed by atoms with Crippen LogP contribution >= 0.6 is 0 Å². The molecule has 6 heteroatoms. The Labute approximate surface area is 97.5 Å². The summed E-state index contributed by atoms with van der Waals surface area (Å²) in [5, 5.41) is 0. The molecule has 0 radical (unpaired) electrons. The van der Waals surface area contributed by atoms with Crippen molar-refractivity contribution in [2.45, 2.75) is 19.3 Å². The van der Waals surface area contributed by atoms with Crippen molar-refractivity contribution >= 4 is 18.6 Å². The van der Waals surface area contributed by atoms with Gasteiger partial charge in [0.1, 0.15) is 0 Å². The van der Waals surface area contributed by atoms with Crippen molar-refractivity contribution in [3.8, 4) is 0 Å². The molecule has 0 aromatic heterocycles. The van der Waals surface area contributed by atoms with E-state index in [4.69, 9.17) is 0 Å². The highest BCUT2D eigenvalue weighted by molar-refractivity contribution is 6.60. The number of para-hydroxylation sites is 1. The Bertz CT molecular complexity index is 470. The van der Waals surface area contributed by atoms with Gasteiger partial charge >= 0.3 is 6.98 Å². The summed E-state index contributed by atoms with van der Waals surface area (Å²) in [5.41, 5.74) is 0.157. The van der Waals surface area contributed by atoms with Crippen LogP contribution in [0.1, 0.15) is 19.4 Å². The van der Waals surface area contributed by atoms with Crippen LogP contribution in [0.15, 0.2) is 24.3 Å². The zero-order chi connectivity index (χ0) is 12.8. The maximum Gasteiger partial charge on any atom is 0.497 e. The normalized spacial score (nSPS) is 18.4. The van der Waals surface area contributed by atoms with Crippen LogP contribution in [-0.4, -0.2) is 19.3 Å². The van der Waals surface area contributed by atoms with Crippen molar-refractivity contribution in [2.75, 3.05) is 11.3 Å². The third-order valence-corrected chi connectivity index (χ3v) is 3.04. The summed E-state index contributed by atoms with van der Waals surface area (Å²) < 4.78 is 37.5. The second kappa shape index (κ2) is 3.52. The first-order valence-electron chi connectivity index (χ1n) is 5.36. The summed E-state index contributed by atoms with van der Waals surface area (Å²) in [5.74, 6) is -0.488. The van der Waals surface area contributed by atoms with Crippen molar-refractivity contribution in [1.82, 2.24) is 0 Å². The molecule has 1 aliphatic heterocycles. The second-order valence-corrected chi connectivity index (χ2v) is 4.77. The standard InChI is InChI=1S/C11H12BF3NO/c1-11(2)8-5-3-4-6-9(8)16(10(11)17)7-12(13,14)15/h3-6H,7H2,1-2H3/q-1. The number of carbonyl (C=O) groups is 1. The predicted molar refractivity (Wildman–Crippen MR) is 60.9 cm³/mol. The van der Waals surface area contributed by atoms with Crippen LogP contribution in [-0.2, 0) is 10.2 Å². The Balaban J connectivity index is 2.47. The fraction of sp³-hybridized carbons (Fsp3) is 0.364. The van der Waals surface area contributed by atoms with Crippen molar-refractivity contribution in [3.05, 3.63) is 29.8 Å². The topological polar surface area (TPSA) is 20.3 Å². The van der Waals surface area contributed by atoms with Gasteiger partial charge < -0.3 is 17.8 Å². The minimum atomic E-state index is -5.02. The smallest absolute Gasteiger partial charge is 0.448 e. The van der Waals surface area contributed by atoms with Crippen LogP contribution in [0, 0.1) is 0 Å². The molecule has 2 nitrogen and oxygen atoms in total. The van der Waals surface area contributed by atoms with Crippen molar-refractivity contribution < 1.29 is 17.7 Å². The van der Waals surface area contributed by atoms with Crippen molar-refractivity contribution in [1.29, 1.82) is 0 Å². The summed E-state index contributed by atoms with van der Waals surface area (Å²) in [4.78, 5) is 12.8. The SMILES string of the molecule is CC1(C)C(=O)N(C[B-](F)(F)F)c2ccccc21. The number of hydrogen-bond donors (Lipinski definition) is 0. The largest absolute Gasteiger partial charge is 0.497 e. The van der Waals surface area contributed by atoms with Gasteiger partial charge in [-0.3, -0.25) is 4.79 Å². The molecule has 0 saturated carbocycles. The molecule has 0 fully saturated rings. The number of amides is 1. The molecule has 0 unspecified atom stereocenters. The van der Waals surface area contributed by atoms with E-state index < -0.39 is 24.7 Å². The average Bonchev–Trinajstić information content (AvgIpc) is 2.39. The molecule has 17 heavy (non-hydrogen) atoms. The molecule has 1 aromatic carbocycles. The van der Waals surface area contributed by atoms with Crippen LogP contribution < -0.4 is 4.90 Å². The van der Waals surface area contributed by atoms with Gasteiger partial charge in [0.25, 0.3) is 0 Å². The number of hydrogen-bond acceptors (Lipinski definition) is 1. The van der Waals surface area contributed by atoms with E-state index in [1.54, 1.807) is 38.1 Å². The summed E-state index contributed by atoms with van der Waals surface area (Å²) in [6.45, 7) is -1.72. The molecular formula is C11H12BF3NO-. The fourth-order valence-electron chi connectivity index (χ4n) is 2.19. The van der Waals surface area contributed by atoms with Gasteiger partial charge in [0.15, 0.2) is 0 Å². The molecule has 0 atom stereocenters. The number of fused-ring (bicyclic) bond motifs is 1. The van der Waals surface area contributed by atoms with Gasteiger partial charge in [0.2, 0.25) is 5.91 Å². The minimum absolute atomic E-state index is 0.377. The third-order valence-electron chi connectivity index (χ3n) is 3.04. The number of benzene rings is 1. The molecule has 92 valence electrons. The first-order valence-corrected chi connectivity index (χ1v) is 5.36. The highest BCUT2D eigenvalue weighted by Crippen LogP contribution is 2.41. The van der Waals surface area contributed by atoms with Gasteiger partial charge in [-0.25, -0.2) is 0 Å². The van der Waals surface area contributed by atoms with Crippen LogP contribution in [0.25, 0.3) is 0 Å². The Morgan fingerprint density at radius 3 is 2.41 bits per heavy atom. The van der Waals surface area contributed by atoms with E-state index in [1.165, 1.54) is 0 Å². The third kappa shape index (κ3) is 1.92. The van der Waals surface area contributed by atoms with Gasteiger partial charge in [-0.1, -0.05) is 18.2 Å². The van der Waals surface area contributed by atoms with Crippen LogP contribution in [0.5, 0.6) is 0 Å². The Morgan fingerprint density at radius 1 is 1.24 bits per heavy atom.